The quantitative estimate of drug-likeness (QED) is 0.889. The van der Waals surface area contributed by atoms with Crippen molar-refractivity contribution in [1.82, 2.24) is 20.2 Å². The molecule has 7 nitrogen and oxygen atoms in total. The van der Waals surface area contributed by atoms with Gasteiger partial charge < -0.3 is 11.1 Å². The summed E-state index contributed by atoms with van der Waals surface area (Å²) in [6.07, 6.45) is 3.43. The Hall–Kier alpha value is -1.99. The first-order chi connectivity index (χ1) is 9.98. The number of nitrogens with two attached hydrogens (primary N) is 1. The van der Waals surface area contributed by atoms with Crippen LogP contribution in [0.2, 0.25) is 5.02 Å². The van der Waals surface area contributed by atoms with Crippen molar-refractivity contribution in [2.24, 2.45) is 11.7 Å². The average molecular weight is 307 g/mol. The summed E-state index contributed by atoms with van der Waals surface area (Å²) in [4.78, 5) is 12.3. The van der Waals surface area contributed by atoms with Gasteiger partial charge in [-0.2, -0.15) is 0 Å². The Morgan fingerprint density at radius 3 is 2.90 bits per heavy atom. The Bertz CT molecular complexity index is 665. The van der Waals surface area contributed by atoms with Gasteiger partial charge in [0, 0.05) is 0 Å². The summed E-state index contributed by atoms with van der Waals surface area (Å²) in [6, 6.07) is 5.15. The van der Waals surface area contributed by atoms with Gasteiger partial charge in [0.1, 0.15) is 6.33 Å². The van der Waals surface area contributed by atoms with Crippen molar-refractivity contribution in [3.05, 3.63) is 29.5 Å². The van der Waals surface area contributed by atoms with Gasteiger partial charge in [-0.25, -0.2) is 4.68 Å². The number of benzene rings is 1. The molecule has 1 amide bonds. The van der Waals surface area contributed by atoms with Crippen LogP contribution in [-0.4, -0.2) is 31.7 Å². The number of hydrogen-bond donors (Lipinski definition) is 2. The summed E-state index contributed by atoms with van der Waals surface area (Å²) in [5, 5.41) is 14.2. The fraction of sp³-hybridized carbons (Fsp3) is 0.385. The van der Waals surface area contributed by atoms with Gasteiger partial charge in [0.15, 0.2) is 0 Å². The van der Waals surface area contributed by atoms with E-state index in [-0.39, 0.29) is 11.8 Å². The van der Waals surface area contributed by atoms with E-state index in [4.69, 9.17) is 17.3 Å². The van der Waals surface area contributed by atoms with E-state index in [0.29, 0.717) is 16.4 Å². The van der Waals surface area contributed by atoms with Crippen LogP contribution in [-0.2, 0) is 4.79 Å². The third kappa shape index (κ3) is 2.74. The summed E-state index contributed by atoms with van der Waals surface area (Å²) in [5.41, 5.74) is 6.41. The predicted molar refractivity (Wildman–Crippen MR) is 78.1 cm³/mol. The van der Waals surface area contributed by atoms with E-state index in [1.807, 2.05) is 0 Å². The van der Waals surface area contributed by atoms with Crippen molar-refractivity contribution in [3.8, 4) is 5.69 Å². The maximum absolute atomic E-state index is 12.3. The first kappa shape index (κ1) is 14.0. The molecule has 1 aromatic carbocycles. The molecule has 3 rings (SSSR count). The van der Waals surface area contributed by atoms with Crippen molar-refractivity contribution in [2.75, 3.05) is 5.32 Å². The van der Waals surface area contributed by atoms with E-state index in [9.17, 15) is 4.79 Å². The zero-order valence-electron chi connectivity index (χ0n) is 11.5. The Kier molecular flexibility index (Phi) is 3.38. The highest BCUT2D eigenvalue weighted by atomic mass is 35.5. The Morgan fingerprint density at radius 1 is 1.52 bits per heavy atom. The third-order valence-electron chi connectivity index (χ3n) is 3.73. The van der Waals surface area contributed by atoms with Gasteiger partial charge in [0.05, 0.1) is 21.9 Å². The van der Waals surface area contributed by atoms with Gasteiger partial charge in [-0.3, -0.25) is 4.79 Å². The largest absolute Gasteiger partial charge is 0.323 e. The van der Waals surface area contributed by atoms with Crippen LogP contribution in [0.1, 0.15) is 19.8 Å². The number of rotatable bonds is 4. The standard InChI is InChI=1S/C13H15ClN6O/c1-13(15,8-2-3-8)12(21)17-11-6-9(4-5-10(11)14)20-7-16-18-19-20/h4-8H,2-3,15H2,1H3,(H,17,21). The number of anilines is 1. The third-order valence-corrected chi connectivity index (χ3v) is 4.06. The molecular weight excluding hydrogens is 292 g/mol. The van der Waals surface area contributed by atoms with Crippen molar-refractivity contribution in [1.29, 1.82) is 0 Å². The normalized spacial score (nSPS) is 17.3. The molecule has 2 aromatic rings. The van der Waals surface area contributed by atoms with Crippen LogP contribution in [0.4, 0.5) is 5.69 Å². The van der Waals surface area contributed by atoms with E-state index in [1.165, 1.54) is 11.0 Å². The summed E-state index contributed by atoms with van der Waals surface area (Å²) >= 11 is 6.13. The second-order valence-corrected chi connectivity index (χ2v) is 5.84. The number of aromatic nitrogens is 4. The molecule has 0 aliphatic heterocycles. The van der Waals surface area contributed by atoms with Crippen LogP contribution < -0.4 is 11.1 Å². The summed E-state index contributed by atoms with van der Waals surface area (Å²) in [5.74, 6) is -0.000242. The van der Waals surface area contributed by atoms with Gasteiger partial charge in [-0.05, 0) is 54.3 Å². The molecule has 8 heteroatoms. The van der Waals surface area contributed by atoms with Crippen LogP contribution >= 0.6 is 11.6 Å². The smallest absolute Gasteiger partial charge is 0.244 e. The molecule has 1 aliphatic carbocycles. The number of carbonyl (C=O) groups excluding carboxylic acids is 1. The van der Waals surface area contributed by atoms with Crippen molar-refractivity contribution >= 4 is 23.2 Å². The molecule has 1 atom stereocenters. The topological polar surface area (TPSA) is 98.7 Å². The van der Waals surface area contributed by atoms with Gasteiger partial charge in [0.25, 0.3) is 0 Å². The Labute approximate surface area is 126 Å². The zero-order chi connectivity index (χ0) is 15.0. The number of nitrogens with zero attached hydrogens (tertiary/aromatic N) is 4. The van der Waals surface area contributed by atoms with Crippen molar-refractivity contribution in [2.45, 2.75) is 25.3 Å². The molecule has 0 bridgehead atoms. The number of nitrogens with one attached hydrogen (secondary N) is 1. The summed E-state index contributed by atoms with van der Waals surface area (Å²) in [7, 11) is 0. The molecule has 1 unspecified atom stereocenters. The van der Waals surface area contributed by atoms with Gasteiger partial charge >= 0.3 is 0 Å². The summed E-state index contributed by atoms with van der Waals surface area (Å²) < 4.78 is 1.48. The van der Waals surface area contributed by atoms with Crippen LogP contribution in [0.25, 0.3) is 5.69 Å². The minimum absolute atomic E-state index is 0.235. The van der Waals surface area contributed by atoms with Gasteiger partial charge in [-0.15, -0.1) is 5.10 Å². The molecule has 3 N–H and O–H groups in total. The molecule has 21 heavy (non-hydrogen) atoms. The van der Waals surface area contributed by atoms with Crippen LogP contribution in [0.15, 0.2) is 24.5 Å². The molecule has 0 spiro atoms. The fourth-order valence-electron chi connectivity index (χ4n) is 2.16. The van der Waals surface area contributed by atoms with E-state index < -0.39 is 5.54 Å². The zero-order valence-corrected chi connectivity index (χ0v) is 12.2. The molecule has 110 valence electrons. The van der Waals surface area contributed by atoms with Crippen LogP contribution in [0, 0.1) is 5.92 Å². The van der Waals surface area contributed by atoms with Gasteiger partial charge in [0.2, 0.25) is 5.91 Å². The highest BCUT2D eigenvalue weighted by molar-refractivity contribution is 6.33. The number of hydrogen-bond acceptors (Lipinski definition) is 5. The maximum atomic E-state index is 12.3. The van der Waals surface area contributed by atoms with Crippen LogP contribution in [0.3, 0.4) is 0 Å². The first-order valence-corrected chi connectivity index (χ1v) is 6.99. The maximum Gasteiger partial charge on any atom is 0.244 e. The monoisotopic (exact) mass is 306 g/mol. The van der Waals surface area contributed by atoms with E-state index in [1.54, 1.807) is 25.1 Å². The van der Waals surface area contributed by atoms with Crippen molar-refractivity contribution in [3.63, 3.8) is 0 Å². The minimum atomic E-state index is -0.881. The van der Waals surface area contributed by atoms with Gasteiger partial charge in [-0.1, -0.05) is 11.6 Å². The molecular formula is C13H15ClN6O. The summed E-state index contributed by atoms with van der Waals surface area (Å²) in [6.45, 7) is 1.75. The van der Waals surface area contributed by atoms with Crippen molar-refractivity contribution < 1.29 is 4.79 Å². The highest BCUT2D eigenvalue weighted by Gasteiger charge is 2.44. The Morgan fingerprint density at radius 2 is 2.29 bits per heavy atom. The average Bonchev–Trinajstić information content (AvgIpc) is 3.18. The van der Waals surface area contributed by atoms with Crippen LogP contribution in [0.5, 0.6) is 0 Å². The lowest BCUT2D eigenvalue weighted by Gasteiger charge is -2.23. The lowest BCUT2D eigenvalue weighted by Crippen LogP contribution is -2.50. The number of carbonyl (C=O) groups is 1. The van der Waals surface area contributed by atoms with E-state index >= 15 is 0 Å². The van der Waals surface area contributed by atoms with E-state index in [0.717, 1.165) is 12.8 Å². The lowest BCUT2D eigenvalue weighted by molar-refractivity contribution is -0.121. The lowest BCUT2D eigenvalue weighted by atomic mass is 9.96. The predicted octanol–water partition coefficient (Wildman–Crippen LogP) is 1.38. The molecule has 0 saturated heterocycles. The number of halogens is 1. The number of tetrazole rings is 1. The molecule has 1 heterocycles. The second-order valence-electron chi connectivity index (χ2n) is 5.43. The van der Waals surface area contributed by atoms with E-state index in [2.05, 4.69) is 20.8 Å². The Balaban J connectivity index is 1.85. The molecule has 1 saturated carbocycles. The number of amides is 1. The molecule has 1 aliphatic rings. The molecule has 1 fully saturated rings. The second kappa shape index (κ2) is 5.09. The SMILES string of the molecule is CC(N)(C(=O)Nc1cc(-n2cnnn2)ccc1Cl)C1CC1. The highest BCUT2D eigenvalue weighted by Crippen LogP contribution is 2.39. The molecule has 0 radical (unpaired) electrons. The first-order valence-electron chi connectivity index (χ1n) is 6.61. The fourth-order valence-corrected chi connectivity index (χ4v) is 2.32. The molecule has 1 aromatic heterocycles. The minimum Gasteiger partial charge on any atom is -0.323 e.